The third-order valence-corrected chi connectivity index (χ3v) is 6.09. The van der Waals surface area contributed by atoms with Crippen LogP contribution in [-0.2, 0) is 9.59 Å². The zero-order chi connectivity index (χ0) is 24.7. The largest absolute Gasteiger partial charge is 0.507 e. The van der Waals surface area contributed by atoms with Gasteiger partial charge in [-0.15, -0.1) is 0 Å². The molecule has 2 aromatic carbocycles. The third kappa shape index (κ3) is 3.74. The molecule has 0 radical (unpaired) electrons. The number of aliphatic hydroxyl groups is 1. The quantitative estimate of drug-likeness (QED) is 0.315. The van der Waals surface area contributed by atoms with Crippen LogP contribution in [0.3, 0.4) is 0 Å². The van der Waals surface area contributed by atoms with E-state index in [0.717, 1.165) is 0 Å². The fourth-order valence-corrected chi connectivity index (χ4v) is 4.42. The van der Waals surface area contributed by atoms with E-state index >= 15 is 0 Å². The van der Waals surface area contributed by atoms with Gasteiger partial charge < -0.3 is 28.5 Å². The molecule has 0 aliphatic carbocycles. The number of ether oxygens (including phenoxy) is 4. The molecular weight excluding hydrogens is 478 g/mol. The van der Waals surface area contributed by atoms with Crippen molar-refractivity contribution in [1.82, 2.24) is 0 Å². The lowest BCUT2D eigenvalue weighted by Crippen LogP contribution is -2.29. The molecule has 2 aliphatic rings. The molecule has 1 unspecified atom stereocenters. The molecule has 2 aliphatic heterocycles. The second-order valence-electron chi connectivity index (χ2n) is 7.70. The Labute approximate surface area is 205 Å². The van der Waals surface area contributed by atoms with E-state index in [4.69, 9.17) is 35.0 Å². The molecule has 0 spiro atoms. The van der Waals surface area contributed by atoms with E-state index in [1.807, 2.05) is 0 Å². The number of furan rings is 1. The van der Waals surface area contributed by atoms with Crippen molar-refractivity contribution in [3.8, 4) is 23.0 Å². The van der Waals surface area contributed by atoms with Crippen LogP contribution >= 0.6 is 11.6 Å². The van der Waals surface area contributed by atoms with E-state index in [1.165, 1.54) is 37.5 Å². The molecule has 9 nitrogen and oxygen atoms in total. The van der Waals surface area contributed by atoms with Crippen molar-refractivity contribution < 1.29 is 38.1 Å². The maximum atomic E-state index is 13.3. The number of rotatable bonds is 5. The van der Waals surface area contributed by atoms with E-state index in [0.29, 0.717) is 30.4 Å². The van der Waals surface area contributed by atoms with Gasteiger partial charge in [0.2, 0.25) is 0 Å². The highest BCUT2D eigenvalue weighted by atomic mass is 35.5. The minimum atomic E-state index is -1.06. The SMILES string of the molecule is COc1cc(/C(O)=C2\C(=O)C(=O)N(c3ccc4c(c3)OCCO4)C2c2ccco2)c(OC)cc1Cl. The van der Waals surface area contributed by atoms with E-state index < -0.39 is 23.5 Å². The topological polar surface area (TPSA) is 108 Å². The van der Waals surface area contributed by atoms with Gasteiger partial charge in [0.1, 0.15) is 42.3 Å². The maximum Gasteiger partial charge on any atom is 0.300 e. The molecule has 0 saturated carbocycles. The van der Waals surface area contributed by atoms with E-state index in [-0.39, 0.29) is 33.4 Å². The van der Waals surface area contributed by atoms with Gasteiger partial charge in [-0.25, -0.2) is 0 Å². The van der Waals surface area contributed by atoms with E-state index in [9.17, 15) is 14.7 Å². The number of carbonyl (C=O) groups excluding carboxylic acids is 2. The van der Waals surface area contributed by atoms with Crippen molar-refractivity contribution in [2.75, 3.05) is 32.3 Å². The zero-order valence-electron chi connectivity index (χ0n) is 18.7. The highest BCUT2D eigenvalue weighted by Gasteiger charge is 2.48. The second-order valence-corrected chi connectivity index (χ2v) is 8.11. The number of amides is 1. The Kier molecular flexibility index (Phi) is 5.78. The average molecular weight is 498 g/mol. The molecule has 1 fully saturated rings. The molecule has 0 bridgehead atoms. The van der Waals surface area contributed by atoms with Crippen molar-refractivity contribution in [2.45, 2.75) is 6.04 Å². The van der Waals surface area contributed by atoms with Crippen molar-refractivity contribution >= 4 is 34.7 Å². The van der Waals surface area contributed by atoms with Gasteiger partial charge in [-0.1, -0.05) is 11.6 Å². The van der Waals surface area contributed by atoms with Crippen molar-refractivity contribution in [3.05, 3.63) is 70.6 Å². The highest BCUT2D eigenvalue weighted by molar-refractivity contribution is 6.51. The molecule has 1 saturated heterocycles. The van der Waals surface area contributed by atoms with Crippen LogP contribution in [0, 0.1) is 0 Å². The minimum Gasteiger partial charge on any atom is -0.507 e. The first-order valence-corrected chi connectivity index (χ1v) is 11.0. The summed E-state index contributed by atoms with van der Waals surface area (Å²) in [7, 11) is 2.81. The third-order valence-electron chi connectivity index (χ3n) is 5.79. The summed E-state index contributed by atoms with van der Waals surface area (Å²) in [6.07, 6.45) is 1.42. The predicted molar refractivity (Wildman–Crippen MR) is 125 cm³/mol. The molecule has 35 heavy (non-hydrogen) atoms. The number of Topliss-reactive ketones (excluding diaryl/α,β-unsaturated/α-hetero) is 1. The monoisotopic (exact) mass is 497 g/mol. The van der Waals surface area contributed by atoms with E-state index in [1.54, 1.807) is 30.3 Å². The number of fused-ring (bicyclic) bond motifs is 1. The molecule has 1 N–H and O–H groups in total. The first kappa shape index (κ1) is 22.7. The van der Waals surface area contributed by atoms with Crippen LogP contribution < -0.4 is 23.8 Å². The van der Waals surface area contributed by atoms with Crippen LogP contribution in [0.25, 0.3) is 5.76 Å². The lowest BCUT2D eigenvalue weighted by molar-refractivity contribution is -0.132. The molecule has 1 atom stereocenters. The number of carbonyl (C=O) groups is 2. The summed E-state index contributed by atoms with van der Waals surface area (Å²) >= 11 is 6.20. The van der Waals surface area contributed by atoms with Gasteiger partial charge in [0.05, 0.1) is 36.6 Å². The Hall–Kier alpha value is -4.11. The fraction of sp³-hybridized carbons (Fsp3) is 0.200. The first-order valence-electron chi connectivity index (χ1n) is 10.6. The molecule has 3 heterocycles. The molecule has 1 aromatic heterocycles. The van der Waals surface area contributed by atoms with Crippen LogP contribution in [0.5, 0.6) is 23.0 Å². The molecular formula is C25H20ClNO8. The fourth-order valence-electron chi connectivity index (χ4n) is 4.19. The summed E-state index contributed by atoms with van der Waals surface area (Å²) in [6.45, 7) is 0.769. The number of methoxy groups -OCH3 is 2. The second kappa shape index (κ2) is 8.92. The molecule has 5 rings (SSSR count). The number of aliphatic hydroxyl groups excluding tert-OH is 1. The molecule has 10 heteroatoms. The van der Waals surface area contributed by atoms with Gasteiger partial charge in [-0.3, -0.25) is 14.5 Å². The molecule has 1 amide bonds. The lowest BCUT2D eigenvalue weighted by atomic mass is 9.98. The standard InChI is InChI=1S/C25H20ClNO8/c1-31-18-12-15(26)19(32-2)11-14(18)23(28)21-22(17-4-3-7-33-17)27(25(30)24(21)29)13-5-6-16-20(10-13)35-9-8-34-16/h3-7,10-12,22,28H,8-9H2,1-2H3/b23-21+. The number of halogens is 1. The zero-order valence-corrected chi connectivity index (χ0v) is 19.5. The maximum absolute atomic E-state index is 13.3. The Morgan fingerprint density at radius 3 is 2.46 bits per heavy atom. The van der Waals surface area contributed by atoms with Crippen LogP contribution in [0.2, 0.25) is 5.02 Å². The van der Waals surface area contributed by atoms with Gasteiger partial charge in [0.25, 0.3) is 11.7 Å². The Morgan fingerprint density at radius 2 is 1.77 bits per heavy atom. The Balaban J connectivity index is 1.71. The average Bonchev–Trinajstić information content (AvgIpc) is 3.50. The molecule has 3 aromatic rings. The highest BCUT2D eigenvalue weighted by Crippen LogP contribution is 2.46. The summed E-state index contributed by atoms with van der Waals surface area (Å²) in [4.78, 5) is 27.9. The number of anilines is 1. The smallest absolute Gasteiger partial charge is 0.300 e. The Bertz CT molecular complexity index is 1350. The summed E-state index contributed by atoms with van der Waals surface area (Å²) in [6, 6.07) is 10.00. The van der Waals surface area contributed by atoms with Gasteiger partial charge in [-0.2, -0.15) is 0 Å². The van der Waals surface area contributed by atoms with Crippen molar-refractivity contribution in [2.24, 2.45) is 0 Å². The minimum absolute atomic E-state index is 0.130. The number of benzene rings is 2. The number of hydrogen-bond donors (Lipinski definition) is 1. The number of hydrogen-bond acceptors (Lipinski definition) is 8. The Morgan fingerprint density at radius 1 is 1.03 bits per heavy atom. The van der Waals surface area contributed by atoms with E-state index in [2.05, 4.69) is 0 Å². The lowest BCUT2D eigenvalue weighted by Gasteiger charge is -2.25. The van der Waals surface area contributed by atoms with Gasteiger partial charge >= 0.3 is 0 Å². The van der Waals surface area contributed by atoms with Gasteiger partial charge in [0, 0.05) is 17.8 Å². The summed E-state index contributed by atoms with van der Waals surface area (Å²) in [5.41, 5.74) is 0.324. The van der Waals surface area contributed by atoms with Gasteiger partial charge in [0.15, 0.2) is 11.5 Å². The summed E-state index contributed by atoms with van der Waals surface area (Å²) in [5, 5.41) is 11.6. The van der Waals surface area contributed by atoms with Crippen molar-refractivity contribution in [1.29, 1.82) is 0 Å². The van der Waals surface area contributed by atoms with Crippen molar-refractivity contribution in [3.63, 3.8) is 0 Å². The number of ketones is 1. The van der Waals surface area contributed by atoms with Crippen LogP contribution in [0.1, 0.15) is 17.4 Å². The predicted octanol–water partition coefficient (Wildman–Crippen LogP) is 4.35. The normalized spacial score (nSPS) is 18.6. The first-order chi connectivity index (χ1) is 16.9. The van der Waals surface area contributed by atoms with Crippen LogP contribution in [0.4, 0.5) is 5.69 Å². The number of nitrogens with zero attached hydrogens (tertiary/aromatic N) is 1. The van der Waals surface area contributed by atoms with Crippen LogP contribution in [-0.4, -0.2) is 44.2 Å². The molecule has 180 valence electrons. The summed E-state index contributed by atoms with van der Waals surface area (Å²) in [5.74, 6) is -0.500. The summed E-state index contributed by atoms with van der Waals surface area (Å²) < 4.78 is 27.4. The van der Waals surface area contributed by atoms with Gasteiger partial charge in [-0.05, 0) is 30.3 Å². The van der Waals surface area contributed by atoms with Crippen LogP contribution in [0.15, 0.2) is 58.7 Å².